The van der Waals surface area contributed by atoms with Crippen molar-refractivity contribution in [1.29, 1.82) is 0 Å². The van der Waals surface area contributed by atoms with Gasteiger partial charge in [-0.1, -0.05) is 50.6 Å². The van der Waals surface area contributed by atoms with Gasteiger partial charge in [-0.3, -0.25) is 14.4 Å². The Morgan fingerprint density at radius 3 is 2.35 bits per heavy atom. The van der Waals surface area contributed by atoms with Crippen molar-refractivity contribution in [1.82, 2.24) is 15.5 Å². The minimum absolute atomic E-state index is 0.116. The minimum Gasteiger partial charge on any atom is -0.480 e. The highest BCUT2D eigenvalue weighted by molar-refractivity contribution is 5.94. The first-order chi connectivity index (χ1) is 16.1. The van der Waals surface area contributed by atoms with Gasteiger partial charge in [-0.25, -0.2) is 4.79 Å². The number of carbonyl (C=O) groups excluding carboxylic acids is 3. The third kappa shape index (κ3) is 7.01. The average molecular weight is 477 g/mol. The second-order valence-corrected chi connectivity index (χ2v) is 8.92. The number of likely N-dealkylation sites (tertiary alicyclic amines) is 1. The molecular weight excluding hydrogens is 440 g/mol. The summed E-state index contributed by atoms with van der Waals surface area (Å²) in [5, 5.41) is 24.4. The van der Waals surface area contributed by atoms with E-state index in [4.69, 9.17) is 5.73 Å². The number of hydrogen-bond acceptors (Lipinski definition) is 6. The number of amides is 3. The van der Waals surface area contributed by atoms with Crippen molar-refractivity contribution in [3.8, 4) is 0 Å². The van der Waals surface area contributed by atoms with Crippen LogP contribution in [0.1, 0.15) is 45.6 Å². The number of aliphatic hydroxyl groups is 1. The van der Waals surface area contributed by atoms with Gasteiger partial charge in [0.2, 0.25) is 17.7 Å². The molecule has 6 N–H and O–H groups in total. The fourth-order valence-electron chi connectivity index (χ4n) is 3.95. The van der Waals surface area contributed by atoms with Crippen LogP contribution in [0.4, 0.5) is 0 Å². The second-order valence-electron chi connectivity index (χ2n) is 8.92. The summed E-state index contributed by atoms with van der Waals surface area (Å²) >= 11 is 0. The Kier molecular flexibility index (Phi) is 10.0. The molecule has 10 nitrogen and oxygen atoms in total. The van der Waals surface area contributed by atoms with Crippen molar-refractivity contribution >= 4 is 23.7 Å². The molecule has 0 bridgehead atoms. The van der Waals surface area contributed by atoms with Crippen LogP contribution in [0, 0.1) is 5.92 Å². The van der Waals surface area contributed by atoms with E-state index in [1.54, 1.807) is 24.3 Å². The highest BCUT2D eigenvalue weighted by Gasteiger charge is 2.40. The lowest BCUT2D eigenvalue weighted by atomic mass is 9.96. The van der Waals surface area contributed by atoms with Gasteiger partial charge in [0.1, 0.15) is 24.2 Å². The highest BCUT2D eigenvalue weighted by Crippen LogP contribution is 2.22. The van der Waals surface area contributed by atoms with E-state index >= 15 is 0 Å². The monoisotopic (exact) mass is 476 g/mol. The van der Waals surface area contributed by atoms with Gasteiger partial charge in [-0.2, -0.15) is 0 Å². The summed E-state index contributed by atoms with van der Waals surface area (Å²) in [7, 11) is 0. The lowest BCUT2D eigenvalue weighted by Crippen LogP contribution is -2.59. The molecule has 6 unspecified atom stereocenters. The summed E-state index contributed by atoms with van der Waals surface area (Å²) in [6.45, 7) is 5.39. The Morgan fingerprint density at radius 1 is 1.15 bits per heavy atom. The van der Waals surface area contributed by atoms with Crippen LogP contribution in [-0.2, 0) is 25.6 Å². The van der Waals surface area contributed by atoms with Crippen LogP contribution < -0.4 is 16.4 Å². The summed E-state index contributed by atoms with van der Waals surface area (Å²) < 4.78 is 0. The number of carboxylic acids is 1. The smallest absolute Gasteiger partial charge is 0.326 e. The maximum absolute atomic E-state index is 13.4. The molecule has 0 radical (unpaired) electrons. The number of rotatable bonds is 11. The van der Waals surface area contributed by atoms with Crippen molar-refractivity contribution < 1.29 is 29.4 Å². The van der Waals surface area contributed by atoms with Crippen molar-refractivity contribution in [2.45, 2.75) is 76.7 Å². The SMILES string of the molecule is CCC(C)C(NC(=O)C(N)C(C)O)C(=O)N1CCCC1C(=O)NC(Cc1ccccc1)C(=O)O. The molecular formula is C24H36N4O6. The summed E-state index contributed by atoms with van der Waals surface area (Å²) in [6, 6.07) is 4.89. The number of benzene rings is 1. The van der Waals surface area contributed by atoms with Gasteiger partial charge in [0, 0.05) is 13.0 Å². The summed E-state index contributed by atoms with van der Waals surface area (Å²) in [6.07, 6.45) is 0.586. The zero-order valence-electron chi connectivity index (χ0n) is 19.9. The number of hydrogen-bond donors (Lipinski definition) is 5. The van der Waals surface area contributed by atoms with Crippen LogP contribution >= 0.6 is 0 Å². The minimum atomic E-state index is -1.19. The lowest BCUT2D eigenvalue weighted by molar-refractivity contribution is -0.145. The highest BCUT2D eigenvalue weighted by atomic mass is 16.4. The fourth-order valence-corrected chi connectivity index (χ4v) is 3.95. The number of nitrogens with two attached hydrogens (primary N) is 1. The number of nitrogens with one attached hydrogen (secondary N) is 2. The van der Waals surface area contributed by atoms with Crippen LogP contribution in [0.15, 0.2) is 30.3 Å². The largest absolute Gasteiger partial charge is 0.480 e. The van der Waals surface area contributed by atoms with Crippen molar-refractivity contribution in [2.24, 2.45) is 11.7 Å². The van der Waals surface area contributed by atoms with Gasteiger partial charge in [-0.15, -0.1) is 0 Å². The Labute approximate surface area is 199 Å². The van der Waals surface area contributed by atoms with Gasteiger partial charge in [0.05, 0.1) is 6.10 Å². The molecule has 0 saturated carbocycles. The Hall–Kier alpha value is -2.98. The molecule has 0 aliphatic carbocycles. The molecule has 1 fully saturated rings. The first-order valence-corrected chi connectivity index (χ1v) is 11.7. The zero-order chi connectivity index (χ0) is 25.4. The van der Waals surface area contributed by atoms with E-state index in [9.17, 15) is 29.4 Å². The molecule has 34 heavy (non-hydrogen) atoms. The number of aliphatic hydroxyl groups excluding tert-OH is 1. The molecule has 1 aliphatic heterocycles. The van der Waals surface area contributed by atoms with Gasteiger partial charge in [0.25, 0.3) is 0 Å². The predicted molar refractivity (Wildman–Crippen MR) is 125 cm³/mol. The standard InChI is InChI=1S/C24H36N4O6/c1-4-14(2)20(27-22(31)19(25)15(3)29)23(32)28-12-8-11-18(28)21(30)26-17(24(33)34)13-16-9-6-5-7-10-16/h5-7,9-10,14-15,17-20,29H,4,8,11-13,25H2,1-3H3,(H,26,30)(H,27,31)(H,33,34). The van der Waals surface area contributed by atoms with E-state index in [0.717, 1.165) is 5.56 Å². The van der Waals surface area contributed by atoms with Crippen LogP contribution in [-0.4, -0.2) is 75.6 Å². The Morgan fingerprint density at radius 2 is 1.79 bits per heavy atom. The third-order valence-corrected chi connectivity index (χ3v) is 6.34. The molecule has 1 saturated heterocycles. The summed E-state index contributed by atoms with van der Waals surface area (Å²) in [5.41, 5.74) is 6.49. The summed E-state index contributed by atoms with van der Waals surface area (Å²) in [5.74, 6) is -3.02. The van der Waals surface area contributed by atoms with E-state index in [-0.39, 0.29) is 12.3 Å². The van der Waals surface area contributed by atoms with E-state index in [1.807, 2.05) is 19.9 Å². The molecule has 1 aromatic carbocycles. The number of carboxylic acid groups (broad SMARTS) is 1. The first kappa shape index (κ1) is 27.3. The van der Waals surface area contributed by atoms with Crippen LogP contribution in [0.25, 0.3) is 0 Å². The normalized spacial score (nSPS) is 20.0. The van der Waals surface area contributed by atoms with Gasteiger partial charge in [-0.05, 0) is 31.2 Å². The van der Waals surface area contributed by atoms with E-state index < -0.39 is 54.0 Å². The van der Waals surface area contributed by atoms with Crippen molar-refractivity contribution in [3.63, 3.8) is 0 Å². The molecule has 6 atom stereocenters. The Balaban J connectivity index is 2.15. The second kappa shape index (κ2) is 12.5. The number of nitrogens with zero attached hydrogens (tertiary/aromatic N) is 1. The lowest BCUT2D eigenvalue weighted by Gasteiger charge is -2.32. The molecule has 1 aromatic rings. The molecule has 0 aromatic heterocycles. The van der Waals surface area contributed by atoms with E-state index in [1.165, 1.54) is 11.8 Å². The number of carbonyl (C=O) groups is 4. The Bertz CT molecular complexity index is 862. The molecule has 188 valence electrons. The topological polar surface area (TPSA) is 162 Å². The van der Waals surface area contributed by atoms with Gasteiger partial charge >= 0.3 is 5.97 Å². The van der Waals surface area contributed by atoms with Gasteiger partial charge < -0.3 is 31.5 Å². The molecule has 1 heterocycles. The fraction of sp³-hybridized carbons (Fsp3) is 0.583. The predicted octanol–water partition coefficient (Wildman–Crippen LogP) is 0.0285. The summed E-state index contributed by atoms with van der Waals surface area (Å²) in [4.78, 5) is 52.1. The van der Waals surface area contributed by atoms with Crippen LogP contribution in [0.5, 0.6) is 0 Å². The van der Waals surface area contributed by atoms with Crippen LogP contribution in [0.2, 0.25) is 0 Å². The van der Waals surface area contributed by atoms with Gasteiger partial charge in [0.15, 0.2) is 0 Å². The third-order valence-electron chi connectivity index (χ3n) is 6.34. The quantitative estimate of drug-likeness (QED) is 0.301. The molecule has 0 spiro atoms. The zero-order valence-corrected chi connectivity index (χ0v) is 19.9. The average Bonchev–Trinajstić information content (AvgIpc) is 3.31. The first-order valence-electron chi connectivity index (χ1n) is 11.7. The molecule has 3 amide bonds. The molecule has 2 rings (SSSR count). The van der Waals surface area contributed by atoms with Crippen molar-refractivity contribution in [3.05, 3.63) is 35.9 Å². The van der Waals surface area contributed by atoms with Crippen molar-refractivity contribution in [2.75, 3.05) is 6.54 Å². The van der Waals surface area contributed by atoms with Crippen LogP contribution in [0.3, 0.4) is 0 Å². The maximum atomic E-state index is 13.4. The maximum Gasteiger partial charge on any atom is 0.326 e. The van der Waals surface area contributed by atoms with E-state index in [0.29, 0.717) is 25.8 Å². The molecule has 10 heteroatoms. The molecule has 1 aliphatic rings. The number of aliphatic carboxylic acids is 1. The van der Waals surface area contributed by atoms with E-state index in [2.05, 4.69) is 10.6 Å².